The zero-order chi connectivity index (χ0) is 9.84. The molecule has 1 heterocycles. The smallest absolute Gasteiger partial charge is 0.00481 e. The van der Waals surface area contributed by atoms with Crippen LogP contribution in [0.2, 0.25) is 0 Å². The van der Waals surface area contributed by atoms with Crippen LogP contribution in [0.25, 0.3) is 0 Å². The molecule has 0 saturated carbocycles. The lowest BCUT2D eigenvalue weighted by molar-refractivity contribution is 0.288. The Morgan fingerprint density at radius 1 is 1.15 bits per heavy atom. The summed E-state index contributed by atoms with van der Waals surface area (Å²) in [7, 11) is 0. The molecule has 1 aromatic heterocycles. The normalized spacial score (nSPS) is 11.9. The second-order valence-electron chi connectivity index (χ2n) is 4.44. The number of rotatable bonds is 4. The second-order valence-corrected chi connectivity index (χ2v) is 5.47. The van der Waals surface area contributed by atoms with Gasteiger partial charge in [-0.25, -0.2) is 0 Å². The first-order valence-corrected chi connectivity index (χ1v) is 6.01. The van der Waals surface area contributed by atoms with Crippen molar-refractivity contribution in [2.45, 2.75) is 34.1 Å². The summed E-state index contributed by atoms with van der Waals surface area (Å²) >= 11 is 1.89. The molecular weight excluding hydrogens is 176 g/mol. The van der Waals surface area contributed by atoms with E-state index in [0.29, 0.717) is 0 Å². The van der Waals surface area contributed by atoms with Gasteiger partial charge in [0, 0.05) is 4.88 Å². The van der Waals surface area contributed by atoms with Gasteiger partial charge in [0.25, 0.3) is 0 Å². The molecule has 1 heteroatoms. The van der Waals surface area contributed by atoms with Crippen molar-refractivity contribution in [3.05, 3.63) is 22.4 Å². The second kappa shape index (κ2) is 4.80. The lowest BCUT2D eigenvalue weighted by atomic mass is 9.83. The summed E-state index contributed by atoms with van der Waals surface area (Å²) < 4.78 is 0. The summed E-state index contributed by atoms with van der Waals surface area (Å²) in [6, 6.07) is 4.40. The molecule has 0 N–H and O–H groups in total. The van der Waals surface area contributed by atoms with Gasteiger partial charge in [-0.3, -0.25) is 0 Å². The molecule has 13 heavy (non-hydrogen) atoms. The SMILES string of the molecule is CC(C)C(Cc1cccs1)C(C)C. The van der Waals surface area contributed by atoms with Crippen molar-refractivity contribution in [2.24, 2.45) is 17.8 Å². The maximum Gasteiger partial charge on any atom is 0.00481 e. The highest BCUT2D eigenvalue weighted by Crippen LogP contribution is 2.26. The van der Waals surface area contributed by atoms with Crippen LogP contribution in [-0.4, -0.2) is 0 Å². The van der Waals surface area contributed by atoms with E-state index in [4.69, 9.17) is 0 Å². The zero-order valence-corrected chi connectivity index (χ0v) is 9.90. The Hall–Kier alpha value is -0.300. The number of thiophene rings is 1. The van der Waals surface area contributed by atoms with Gasteiger partial charge < -0.3 is 0 Å². The third-order valence-corrected chi connectivity index (χ3v) is 3.63. The van der Waals surface area contributed by atoms with Gasteiger partial charge in [-0.05, 0) is 35.6 Å². The maximum absolute atomic E-state index is 2.33. The van der Waals surface area contributed by atoms with Gasteiger partial charge in [-0.2, -0.15) is 0 Å². The first kappa shape index (κ1) is 10.8. The van der Waals surface area contributed by atoms with Crippen molar-refractivity contribution in [3.63, 3.8) is 0 Å². The Balaban J connectivity index is 2.58. The average Bonchev–Trinajstić information content (AvgIpc) is 2.50. The summed E-state index contributed by atoms with van der Waals surface area (Å²) in [5, 5.41) is 2.17. The van der Waals surface area contributed by atoms with Gasteiger partial charge in [-0.1, -0.05) is 33.8 Å². The maximum atomic E-state index is 2.33. The highest BCUT2D eigenvalue weighted by Gasteiger charge is 2.17. The molecule has 0 fully saturated rings. The molecule has 0 aromatic carbocycles. The van der Waals surface area contributed by atoms with Crippen molar-refractivity contribution in [2.75, 3.05) is 0 Å². The summed E-state index contributed by atoms with van der Waals surface area (Å²) in [5.74, 6) is 2.42. The fourth-order valence-corrected chi connectivity index (χ4v) is 2.68. The zero-order valence-electron chi connectivity index (χ0n) is 9.08. The summed E-state index contributed by atoms with van der Waals surface area (Å²) in [6.07, 6.45) is 1.26. The van der Waals surface area contributed by atoms with Crippen molar-refractivity contribution in [1.29, 1.82) is 0 Å². The van der Waals surface area contributed by atoms with Crippen LogP contribution >= 0.6 is 11.3 Å². The largest absolute Gasteiger partial charge is 0.149 e. The predicted octanol–water partition coefficient (Wildman–Crippen LogP) is 4.22. The first-order chi connectivity index (χ1) is 6.11. The minimum absolute atomic E-state index is 0.794. The fraction of sp³-hybridized carbons (Fsp3) is 0.667. The molecule has 0 amide bonds. The monoisotopic (exact) mass is 196 g/mol. The fourth-order valence-electron chi connectivity index (χ4n) is 1.90. The quantitative estimate of drug-likeness (QED) is 0.676. The molecule has 0 radical (unpaired) electrons. The molecule has 0 spiro atoms. The molecule has 0 aliphatic heterocycles. The summed E-state index contributed by atoms with van der Waals surface area (Å²) in [4.78, 5) is 1.53. The van der Waals surface area contributed by atoms with Gasteiger partial charge in [0.2, 0.25) is 0 Å². The Labute approximate surface area is 86.0 Å². The van der Waals surface area contributed by atoms with Crippen molar-refractivity contribution in [1.82, 2.24) is 0 Å². The van der Waals surface area contributed by atoms with Crippen LogP contribution in [0, 0.1) is 17.8 Å². The van der Waals surface area contributed by atoms with Gasteiger partial charge in [0.1, 0.15) is 0 Å². The summed E-state index contributed by atoms with van der Waals surface area (Å²) in [6.45, 7) is 9.33. The van der Waals surface area contributed by atoms with E-state index in [1.165, 1.54) is 11.3 Å². The van der Waals surface area contributed by atoms with Crippen LogP contribution in [-0.2, 0) is 6.42 Å². The van der Waals surface area contributed by atoms with Crippen LogP contribution in [0.3, 0.4) is 0 Å². The highest BCUT2D eigenvalue weighted by atomic mass is 32.1. The molecule has 0 aliphatic carbocycles. The van der Waals surface area contributed by atoms with Crippen molar-refractivity contribution < 1.29 is 0 Å². The van der Waals surface area contributed by atoms with Crippen LogP contribution < -0.4 is 0 Å². The number of hydrogen-bond donors (Lipinski definition) is 0. The molecule has 1 aromatic rings. The lowest BCUT2D eigenvalue weighted by Crippen LogP contribution is -2.17. The Bertz CT molecular complexity index is 213. The molecule has 0 saturated heterocycles. The Kier molecular flexibility index (Phi) is 3.98. The molecule has 74 valence electrons. The van der Waals surface area contributed by atoms with Crippen molar-refractivity contribution >= 4 is 11.3 Å². The molecular formula is C12H20S. The Morgan fingerprint density at radius 2 is 1.77 bits per heavy atom. The summed E-state index contributed by atoms with van der Waals surface area (Å²) in [5.41, 5.74) is 0. The molecule has 0 atom stereocenters. The van der Waals surface area contributed by atoms with Crippen LogP contribution in [0.15, 0.2) is 17.5 Å². The third-order valence-electron chi connectivity index (χ3n) is 2.73. The van der Waals surface area contributed by atoms with Gasteiger partial charge >= 0.3 is 0 Å². The van der Waals surface area contributed by atoms with Crippen LogP contribution in [0.4, 0.5) is 0 Å². The van der Waals surface area contributed by atoms with Gasteiger partial charge in [0.05, 0.1) is 0 Å². The van der Waals surface area contributed by atoms with E-state index >= 15 is 0 Å². The molecule has 0 aliphatic rings. The Morgan fingerprint density at radius 3 is 2.15 bits per heavy atom. The molecule has 0 unspecified atom stereocenters. The minimum Gasteiger partial charge on any atom is -0.149 e. The average molecular weight is 196 g/mol. The minimum atomic E-state index is 0.794. The molecule has 0 nitrogen and oxygen atoms in total. The van der Waals surface area contributed by atoms with E-state index < -0.39 is 0 Å². The van der Waals surface area contributed by atoms with Gasteiger partial charge in [0.15, 0.2) is 0 Å². The third kappa shape index (κ3) is 3.15. The topological polar surface area (TPSA) is 0 Å². The van der Waals surface area contributed by atoms with Gasteiger partial charge in [-0.15, -0.1) is 11.3 Å². The van der Waals surface area contributed by atoms with Crippen LogP contribution in [0.5, 0.6) is 0 Å². The number of hydrogen-bond acceptors (Lipinski definition) is 1. The van der Waals surface area contributed by atoms with E-state index in [0.717, 1.165) is 17.8 Å². The van der Waals surface area contributed by atoms with E-state index in [1.54, 1.807) is 0 Å². The molecule has 1 rings (SSSR count). The van der Waals surface area contributed by atoms with Crippen LogP contribution in [0.1, 0.15) is 32.6 Å². The van der Waals surface area contributed by atoms with E-state index in [-0.39, 0.29) is 0 Å². The predicted molar refractivity (Wildman–Crippen MR) is 61.2 cm³/mol. The van der Waals surface area contributed by atoms with E-state index in [1.807, 2.05) is 11.3 Å². The first-order valence-electron chi connectivity index (χ1n) is 5.13. The van der Waals surface area contributed by atoms with Crippen molar-refractivity contribution in [3.8, 4) is 0 Å². The highest BCUT2D eigenvalue weighted by molar-refractivity contribution is 7.09. The standard InChI is InChI=1S/C12H20S/c1-9(2)12(10(3)4)8-11-6-5-7-13-11/h5-7,9-10,12H,8H2,1-4H3. The van der Waals surface area contributed by atoms with E-state index in [2.05, 4.69) is 45.2 Å². The van der Waals surface area contributed by atoms with E-state index in [9.17, 15) is 0 Å². The molecule has 0 bridgehead atoms. The lowest BCUT2D eigenvalue weighted by Gasteiger charge is -2.24.